The van der Waals surface area contributed by atoms with Crippen LogP contribution in [0, 0.1) is 12.8 Å². The zero-order valence-electron chi connectivity index (χ0n) is 24.1. The largest absolute Gasteiger partial charge is 0.416 e. The summed E-state index contributed by atoms with van der Waals surface area (Å²) in [5.74, 6) is -0.983. The maximum Gasteiger partial charge on any atom is 0.416 e. The number of aryl methyl sites for hydroxylation is 1. The molecule has 1 N–H and O–H groups in total. The Morgan fingerprint density at radius 3 is 2.19 bits per heavy atom. The van der Waals surface area contributed by atoms with E-state index in [-0.39, 0.29) is 29.5 Å². The lowest BCUT2D eigenvalue weighted by Crippen LogP contribution is -2.52. The fourth-order valence-electron chi connectivity index (χ4n) is 4.44. The van der Waals surface area contributed by atoms with Gasteiger partial charge in [0.25, 0.3) is 10.0 Å². The van der Waals surface area contributed by atoms with E-state index < -0.39 is 46.2 Å². The molecule has 0 unspecified atom stereocenters. The highest BCUT2D eigenvalue weighted by molar-refractivity contribution is 7.92. The van der Waals surface area contributed by atoms with Crippen molar-refractivity contribution in [2.75, 3.05) is 17.4 Å². The smallest absolute Gasteiger partial charge is 0.354 e. The number of rotatable bonds is 12. The molecule has 0 aromatic heterocycles. The van der Waals surface area contributed by atoms with Gasteiger partial charge >= 0.3 is 6.18 Å². The third-order valence-electron chi connectivity index (χ3n) is 6.58. The van der Waals surface area contributed by atoms with Crippen molar-refractivity contribution < 1.29 is 31.2 Å². The molecule has 0 fully saturated rings. The number of carbonyl (C=O) groups is 2. The van der Waals surface area contributed by atoms with E-state index in [1.165, 1.54) is 35.2 Å². The molecular weight excluding hydrogens is 567 g/mol. The van der Waals surface area contributed by atoms with Crippen LogP contribution < -0.4 is 9.62 Å². The lowest BCUT2D eigenvalue weighted by molar-refractivity contribution is -0.140. The fraction of sp³-hybridized carbons (Fsp3) is 0.355. The first-order valence-corrected chi connectivity index (χ1v) is 15.1. The van der Waals surface area contributed by atoms with Gasteiger partial charge in [-0.15, -0.1) is 0 Å². The van der Waals surface area contributed by atoms with Crippen molar-refractivity contribution in [3.05, 3.63) is 95.6 Å². The summed E-state index contributed by atoms with van der Waals surface area (Å²) in [6.45, 7) is 7.02. The van der Waals surface area contributed by atoms with Crippen molar-refractivity contribution in [2.24, 2.45) is 5.92 Å². The van der Waals surface area contributed by atoms with Crippen LogP contribution in [0.1, 0.15) is 43.9 Å². The molecule has 0 saturated carbocycles. The predicted molar refractivity (Wildman–Crippen MR) is 156 cm³/mol. The summed E-state index contributed by atoms with van der Waals surface area (Å²) in [6.07, 6.45) is -4.50. The minimum Gasteiger partial charge on any atom is -0.354 e. The molecule has 11 heteroatoms. The molecule has 226 valence electrons. The van der Waals surface area contributed by atoms with E-state index in [9.17, 15) is 31.2 Å². The van der Waals surface area contributed by atoms with Crippen LogP contribution >= 0.6 is 0 Å². The minimum absolute atomic E-state index is 0.00403. The number of nitrogens with one attached hydrogen (secondary N) is 1. The van der Waals surface area contributed by atoms with E-state index in [0.717, 1.165) is 23.3 Å². The topological polar surface area (TPSA) is 86.8 Å². The van der Waals surface area contributed by atoms with Crippen LogP contribution in [0.15, 0.2) is 83.8 Å². The normalized spacial score (nSPS) is 12.6. The van der Waals surface area contributed by atoms with Crippen LogP contribution in [0.3, 0.4) is 0 Å². The Labute approximate surface area is 245 Å². The van der Waals surface area contributed by atoms with Gasteiger partial charge in [0, 0.05) is 13.1 Å². The Morgan fingerprint density at radius 1 is 0.929 bits per heavy atom. The highest BCUT2D eigenvalue weighted by Gasteiger charge is 2.36. The molecule has 0 aliphatic carbocycles. The number of hydrogen-bond acceptors (Lipinski definition) is 4. The van der Waals surface area contributed by atoms with E-state index in [2.05, 4.69) is 5.32 Å². The standard InChI is InChI=1S/C31H36F3N3O4S/c1-5-28(30(39)35-19-22(2)3)36(20-24-12-9-11-23(4)17-24)29(38)21-37(42(40,41)27-15-7-6-8-16-27)26-14-10-13-25(18-26)31(32,33)34/h6-18,22,28H,5,19-21H2,1-4H3,(H,35,39)/t28-/m0/s1. The maximum absolute atomic E-state index is 14.0. The Hall–Kier alpha value is -3.86. The molecule has 42 heavy (non-hydrogen) atoms. The summed E-state index contributed by atoms with van der Waals surface area (Å²) in [7, 11) is -4.48. The summed E-state index contributed by atoms with van der Waals surface area (Å²) in [5.41, 5.74) is 0.260. The minimum atomic E-state index is -4.73. The van der Waals surface area contributed by atoms with Crippen molar-refractivity contribution in [1.29, 1.82) is 0 Å². The second-order valence-corrected chi connectivity index (χ2v) is 12.3. The van der Waals surface area contributed by atoms with Gasteiger partial charge in [-0.3, -0.25) is 13.9 Å². The van der Waals surface area contributed by atoms with Crippen LogP contribution in [0.5, 0.6) is 0 Å². The van der Waals surface area contributed by atoms with E-state index in [4.69, 9.17) is 0 Å². The number of alkyl halides is 3. The number of anilines is 1. The Balaban J connectivity index is 2.10. The van der Waals surface area contributed by atoms with Gasteiger partial charge in [0.2, 0.25) is 11.8 Å². The molecule has 0 bridgehead atoms. The second kappa shape index (κ2) is 13.9. The third-order valence-corrected chi connectivity index (χ3v) is 8.37. The zero-order chi connectivity index (χ0) is 31.1. The van der Waals surface area contributed by atoms with E-state index in [1.54, 1.807) is 19.1 Å². The average Bonchev–Trinajstić information content (AvgIpc) is 2.94. The molecule has 3 aromatic carbocycles. The van der Waals surface area contributed by atoms with Gasteiger partial charge < -0.3 is 10.2 Å². The third kappa shape index (κ3) is 8.34. The van der Waals surface area contributed by atoms with E-state index in [0.29, 0.717) is 16.9 Å². The summed E-state index contributed by atoms with van der Waals surface area (Å²) in [4.78, 5) is 28.4. The van der Waals surface area contributed by atoms with Crippen molar-refractivity contribution in [3.8, 4) is 0 Å². The number of nitrogens with zero attached hydrogens (tertiary/aromatic N) is 2. The first-order valence-electron chi connectivity index (χ1n) is 13.6. The quantitative estimate of drug-likeness (QED) is 0.284. The molecule has 3 aromatic rings. The van der Waals surface area contributed by atoms with Gasteiger partial charge in [0.15, 0.2) is 0 Å². The molecule has 0 spiro atoms. The maximum atomic E-state index is 14.0. The molecule has 0 aliphatic rings. The first-order chi connectivity index (χ1) is 19.7. The molecule has 7 nitrogen and oxygen atoms in total. The Bertz CT molecular complexity index is 1480. The van der Waals surface area contributed by atoms with Crippen LogP contribution in [0.2, 0.25) is 0 Å². The summed E-state index contributed by atoms with van der Waals surface area (Å²) in [6, 6.07) is 17.4. The van der Waals surface area contributed by atoms with Crippen molar-refractivity contribution in [3.63, 3.8) is 0 Å². The number of amides is 2. The SMILES string of the molecule is CC[C@@H](C(=O)NCC(C)C)N(Cc1cccc(C)c1)C(=O)CN(c1cccc(C(F)(F)F)c1)S(=O)(=O)c1ccccc1. The Morgan fingerprint density at radius 2 is 1.60 bits per heavy atom. The van der Waals surface area contributed by atoms with E-state index in [1.807, 2.05) is 39.0 Å². The monoisotopic (exact) mass is 603 g/mol. The van der Waals surface area contributed by atoms with Crippen LogP contribution in [0.25, 0.3) is 0 Å². The average molecular weight is 604 g/mol. The number of sulfonamides is 1. The number of benzene rings is 3. The first kappa shape index (κ1) is 32.7. The van der Waals surface area contributed by atoms with Gasteiger partial charge in [-0.25, -0.2) is 8.42 Å². The lowest BCUT2D eigenvalue weighted by Gasteiger charge is -2.33. The number of hydrogen-bond donors (Lipinski definition) is 1. The fourth-order valence-corrected chi connectivity index (χ4v) is 5.86. The van der Waals surface area contributed by atoms with E-state index >= 15 is 0 Å². The van der Waals surface area contributed by atoms with Gasteiger partial charge in [0.1, 0.15) is 12.6 Å². The second-order valence-electron chi connectivity index (χ2n) is 10.4. The van der Waals surface area contributed by atoms with Crippen molar-refractivity contribution in [1.82, 2.24) is 10.2 Å². The summed E-state index contributed by atoms with van der Waals surface area (Å²) < 4.78 is 69.1. The zero-order valence-corrected chi connectivity index (χ0v) is 24.9. The van der Waals surface area contributed by atoms with Crippen LogP contribution in [-0.4, -0.2) is 44.3 Å². The molecule has 0 radical (unpaired) electrons. The molecule has 0 heterocycles. The number of halogens is 3. The molecule has 0 aliphatic heterocycles. The van der Waals surface area contributed by atoms with Gasteiger partial charge in [0.05, 0.1) is 16.1 Å². The molecule has 2 amide bonds. The van der Waals surface area contributed by atoms with Crippen LogP contribution in [-0.2, 0) is 32.3 Å². The number of carbonyl (C=O) groups excluding carboxylic acids is 2. The predicted octanol–water partition coefficient (Wildman–Crippen LogP) is 5.79. The molecule has 1 atom stereocenters. The highest BCUT2D eigenvalue weighted by atomic mass is 32.2. The Kier molecular flexibility index (Phi) is 10.8. The highest BCUT2D eigenvalue weighted by Crippen LogP contribution is 2.33. The molecular formula is C31H36F3N3O4S. The lowest BCUT2D eigenvalue weighted by atomic mass is 10.1. The molecule has 0 saturated heterocycles. The van der Waals surface area contributed by atoms with Crippen molar-refractivity contribution >= 4 is 27.5 Å². The summed E-state index contributed by atoms with van der Waals surface area (Å²) >= 11 is 0. The van der Waals surface area contributed by atoms with Gasteiger partial charge in [-0.05, 0) is 55.2 Å². The summed E-state index contributed by atoms with van der Waals surface area (Å²) in [5, 5.41) is 2.84. The van der Waals surface area contributed by atoms with Crippen molar-refractivity contribution in [2.45, 2.75) is 57.8 Å². The van der Waals surface area contributed by atoms with Gasteiger partial charge in [-0.1, -0.05) is 74.9 Å². The van der Waals surface area contributed by atoms with Gasteiger partial charge in [-0.2, -0.15) is 13.2 Å². The van der Waals surface area contributed by atoms with Crippen LogP contribution in [0.4, 0.5) is 18.9 Å². The molecule has 3 rings (SSSR count).